The van der Waals surface area contributed by atoms with Gasteiger partial charge in [0.1, 0.15) is 12.3 Å². The number of anilines is 1. The molecule has 1 N–H and O–H groups in total. The van der Waals surface area contributed by atoms with E-state index in [1.807, 2.05) is 31.3 Å². The highest BCUT2D eigenvalue weighted by molar-refractivity contribution is 7.13. The van der Waals surface area contributed by atoms with Crippen molar-refractivity contribution < 1.29 is 14.3 Å². The SMILES string of the molecule is Cc1csc(NC(=O)CN(CCCN(C)C)C(=O)COc2ccc(Cl)cc2)n1. The third-order valence-electron chi connectivity index (χ3n) is 3.76. The van der Waals surface area contributed by atoms with Gasteiger partial charge in [-0.05, 0) is 58.3 Å². The second-order valence-corrected chi connectivity index (χ2v) is 7.85. The zero-order chi connectivity index (χ0) is 20.5. The summed E-state index contributed by atoms with van der Waals surface area (Å²) in [6.07, 6.45) is 0.753. The Morgan fingerprint density at radius 2 is 1.93 bits per heavy atom. The first-order chi connectivity index (χ1) is 13.3. The van der Waals surface area contributed by atoms with Crippen LogP contribution in [0.15, 0.2) is 29.6 Å². The van der Waals surface area contributed by atoms with Crippen LogP contribution < -0.4 is 10.1 Å². The largest absolute Gasteiger partial charge is 0.484 e. The number of carbonyl (C=O) groups is 2. The molecule has 0 radical (unpaired) electrons. The van der Waals surface area contributed by atoms with Crippen LogP contribution in [0.2, 0.25) is 5.02 Å². The lowest BCUT2D eigenvalue weighted by Gasteiger charge is -2.23. The van der Waals surface area contributed by atoms with Gasteiger partial charge in [0.05, 0.1) is 5.69 Å². The predicted octanol–water partition coefficient (Wildman–Crippen LogP) is 2.90. The molecule has 0 saturated heterocycles. The van der Waals surface area contributed by atoms with Crippen molar-refractivity contribution in [1.82, 2.24) is 14.8 Å². The minimum absolute atomic E-state index is 0.0468. The summed E-state index contributed by atoms with van der Waals surface area (Å²) in [5.74, 6) is 0.0203. The zero-order valence-electron chi connectivity index (χ0n) is 16.3. The third-order valence-corrected chi connectivity index (χ3v) is 4.89. The average molecular weight is 425 g/mol. The molecular formula is C19H25ClN4O3S. The molecule has 0 fully saturated rings. The molecule has 0 unspecified atom stereocenters. The summed E-state index contributed by atoms with van der Waals surface area (Å²) in [4.78, 5) is 32.7. The van der Waals surface area contributed by atoms with Gasteiger partial charge < -0.3 is 19.9 Å². The Balaban J connectivity index is 1.92. The number of thiazole rings is 1. The Bertz CT molecular complexity index is 780. The van der Waals surface area contributed by atoms with E-state index in [1.165, 1.54) is 16.2 Å². The van der Waals surface area contributed by atoms with Gasteiger partial charge in [0.2, 0.25) is 5.91 Å². The van der Waals surface area contributed by atoms with E-state index >= 15 is 0 Å². The van der Waals surface area contributed by atoms with Crippen LogP contribution in [0.3, 0.4) is 0 Å². The predicted molar refractivity (Wildman–Crippen MR) is 112 cm³/mol. The smallest absolute Gasteiger partial charge is 0.260 e. The lowest BCUT2D eigenvalue weighted by atomic mass is 10.3. The van der Waals surface area contributed by atoms with Gasteiger partial charge in [-0.25, -0.2) is 4.98 Å². The maximum atomic E-state index is 12.6. The number of benzene rings is 1. The van der Waals surface area contributed by atoms with E-state index in [4.69, 9.17) is 16.3 Å². The van der Waals surface area contributed by atoms with Gasteiger partial charge in [0, 0.05) is 16.9 Å². The summed E-state index contributed by atoms with van der Waals surface area (Å²) in [5, 5.41) is 5.72. The van der Waals surface area contributed by atoms with E-state index in [1.54, 1.807) is 24.3 Å². The lowest BCUT2D eigenvalue weighted by Crippen LogP contribution is -2.41. The van der Waals surface area contributed by atoms with Crippen LogP contribution in [0.1, 0.15) is 12.1 Å². The number of aryl methyl sites for hydroxylation is 1. The average Bonchev–Trinajstić information content (AvgIpc) is 3.04. The van der Waals surface area contributed by atoms with Crippen LogP contribution in [0, 0.1) is 6.92 Å². The maximum Gasteiger partial charge on any atom is 0.260 e. The normalized spacial score (nSPS) is 10.8. The second-order valence-electron chi connectivity index (χ2n) is 6.56. The molecule has 0 bridgehead atoms. The number of hydrogen-bond acceptors (Lipinski definition) is 6. The Morgan fingerprint density at radius 3 is 2.54 bits per heavy atom. The highest BCUT2D eigenvalue weighted by Gasteiger charge is 2.18. The van der Waals surface area contributed by atoms with Crippen molar-refractivity contribution in [2.45, 2.75) is 13.3 Å². The summed E-state index contributed by atoms with van der Waals surface area (Å²) < 4.78 is 5.53. The number of halogens is 1. The van der Waals surface area contributed by atoms with Crippen LogP contribution in [-0.4, -0.2) is 66.9 Å². The summed E-state index contributed by atoms with van der Waals surface area (Å²) in [6, 6.07) is 6.78. The first-order valence-corrected chi connectivity index (χ1v) is 10.1. The van der Waals surface area contributed by atoms with Crippen molar-refractivity contribution in [3.05, 3.63) is 40.4 Å². The fraction of sp³-hybridized carbons (Fsp3) is 0.421. The number of amides is 2. The first-order valence-electron chi connectivity index (χ1n) is 8.86. The summed E-state index contributed by atoms with van der Waals surface area (Å²) in [7, 11) is 3.93. The zero-order valence-corrected chi connectivity index (χ0v) is 17.8. The summed E-state index contributed by atoms with van der Waals surface area (Å²) in [6.45, 7) is 2.94. The van der Waals surface area contributed by atoms with Gasteiger partial charge >= 0.3 is 0 Å². The molecule has 28 heavy (non-hydrogen) atoms. The molecule has 0 spiro atoms. The standard InChI is InChI=1S/C19H25ClN4O3S/c1-14-13-28-19(21-14)22-17(25)11-24(10-4-9-23(2)3)18(26)12-27-16-7-5-15(20)6-8-16/h5-8,13H,4,9-12H2,1-3H3,(H,21,22,25). The minimum atomic E-state index is -0.279. The monoisotopic (exact) mass is 424 g/mol. The molecule has 2 aromatic rings. The van der Waals surface area contributed by atoms with Crippen molar-refractivity contribution in [3.8, 4) is 5.75 Å². The summed E-state index contributed by atoms with van der Waals surface area (Å²) >= 11 is 7.20. The lowest BCUT2D eigenvalue weighted by molar-refractivity contribution is -0.136. The number of rotatable bonds is 10. The van der Waals surface area contributed by atoms with Gasteiger partial charge in [-0.2, -0.15) is 0 Å². The van der Waals surface area contributed by atoms with Gasteiger partial charge in [-0.15, -0.1) is 11.3 Å². The van der Waals surface area contributed by atoms with Crippen molar-refractivity contribution in [1.29, 1.82) is 0 Å². The van der Waals surface area contributed by atoms with Crippen molar-refractivity contribution >= 4 is 39.9 Å². The van der Waals surface area contributed by atoms with Gasteiger partial charge in [-0.1, -0.05) is 11.6 Å². The van der Waals surface area contributed by atoms with Gasteiger partial charge in [0.15, 0.2) is 11.7 Å². The molecular weight excluding hydrogens is 400 g/mol. The van der Waals surface area contributed by atoms with Crippen molar-refractivity contribution in [3.63, 3.8) is 0 Å². The molecule has 0 aliphatic rings. The second kappa shape index (κ2) is 11.0. The molecule has 0 saturated carbocycles. The fourth-order valence-corrected chi connectivity index (χ4v) is 3.21. The van der Waals surface area contributed by atoms with Crippen molar-refractivity contribution in [2.24, 2.45) is 0 Å². The molecule has 7 nitrogen and oxygen atoms in total. The van der Waals surface area contributed by atoms with E-state index in [0.29, 0.717) is 22.4 Å². The quantitative estimate of drug-likeness (QED) is 0.634. The number of nitrogens with one attached hydrogen (secondary N) is 1. The van der Waals surface area contributed by atoms with E-state index in [0.717, 1.165) is 18.7 Å². The van der Waals surface area contributed by atoms with Crippen LogP contribution in [0.25, 0.3) is 0 Å². The Kier molecular flexibility index (Phi) is 8.69. The van der Waals surface area contributed by atoms with E-state index in [9.17, 15) is 9.59 Å². The molecule has 2 amide bonds. The molecule has 1 heterocycles. The fourth-order valence-electron chi connectivity index (χ4n) is 2.38. The Labute approximate surface area is 174 Å². The van der Waals surface area contributed by atoms with Crippen LogP contribution in [0.5, 0.6) is 5.75 Å². The molecule has 9 heteroatoms. The van der Waals surface area contributed by atoms with Crippen LogP contribution >= 0.6 is 22.9 Å². The molecule has 152 valence electrons. The van der Waals surface area contributed by atoms with Crippen molar-refractivity contribution in [2.75, 3.05) is 45.7 Å². The molecule has 1 aromatic heterocycles. The highest BCUT2D eigenvalue weighted by Crippen LogP contribution is 2.16. The topological polar surface area (TPSA) is 74.8 Å². The third kappa shape index (κ3) is 7.84. The highest BCUT2D eigenvalue weighted by atomic mass is 35.5. The Hall–Kier alpha value is -2.16. The molecule has 2 rings (SSSR count). The van der Waals surface area contributed by atoms with Crippen LogP contribution in [0.4, 0.5) is 5.13 Å². The Morgan fingerprint density at radius 1 is 1.21 bits per heavy atom. The van der Waals surface area contributed by atoms with Crippen LogP contribution in [-0.2, 0) is 9.59 Å². The molecule has 1 aromatic carbocycles. The summed E-state index contributed by atoms with van der Waals surface area (Å²) in [5.41, 5.74) is 0.843. The molecule has 0 atom stereocenters. The minimum Gasteiger partial charge on any atom is -0.484 e. The van der Waals surface area contributed by atoms with E-state index < -0.39 is 0 Å². The van der Waals surface area contributed by atoms with Gasteiger partial charge in [-0.3, -0.25) is 9.59 Å². The first kappa shape index (κ1) is 22.1. The number of nitrogens with zero attached hydrogens (tertiary/aromatic N) is 3. The number of ether oxygens (including phenoxy) is 1. The van der Waals surface area contributed by atoms with E-state index in [2.05, 4.69) is 10.3 Å². The molecule has 0 aliphatic heterocycles. The molecule has 0 aliphatic carbocycles. The maximum absolute atomic E-state index is 12.6. The number of carbonyl (C=O) groups excluding carboxylic acids is 2. The van der Waals surface area contributed by atoms with Gasteiger partial charge in [0.25, 0.3) is 5.91 Å². The number of aromatic nitrogens is 1. The van der Waals surface area contributed by atoms with E-state index in [-0.39, 0.29) is 25.0 Å². The number of hydrogen-bond donors (Lipinski definition) is 1.